The molecule has 4 nitrogen and oxygen atoms in total. The number of hydrogen-bond acceptors (Lipinski definition) is 3. The van der Waals surface area contributed by atoms with E-state index < -0.39 is 0 Å². The number of carbonyl (C=O) groups is 1. The van der Waals surface area contributed by atoms with E-state index in [-0.39, 0.29) is 17.9 Å². The quantitative estimate of drug-likeness (QED) is 0.764. The highest BCUT2D eigenvalue weighted by molar-refractivity contribution is 7.10. The smallest absolute Gasteiger partial charge is 0.318 e. The van der Waals surface area contributed by atoms with Gasteiger partial charge in [-0.2, -0.15) is 0 Å². The van der Waals surface area contributed by atoms with Gasteiger partial charge in [0.2, 0.25) is 0 Å². The molecule has 2 aliphatic rings. The lowest BCUT2D eigenvalue weighted by Crippen LogP contribution is -2.44. The minimum absolute atomic E-state index is 0.0115. The van der Waals surface area contributed by atoms with Gasteiger partial charge >= 0.3 is 6.03 Å². The summed E-state index contributed by atoms with van der Waals surface area (Å²) in [7, 11) is 0. The van der Waals surface area contributed by atoms with E-state index in [1.54, 1.807) is 23.5 Å². The summed E-state index contributed by atoms with van der Waals surface area (Å²) >= 11 is 1.76. The molecule has 1 aliphatic heterocycles. The maximum Gasteiger partial charge on any atom is 0.318 e. The molecular formula is C21H26FN3OS. The Hall–Kier alpha value is -1.92. The molecule has 1 aliphatic carbocycles. The number of thiophene rings is 1. The van der Waals surface area contributed by atoms with Gasteiger partial charge in [-0.25, -0.2) is 9.18 Å². The number of amides is 2. The number of nitrogens with zero attached hydrogens (tertiary/aromatic N) is 2. The van der Waals surface area contributed by atoms with Crippen LogP contribution in [-0.4, -0.2) is 41.5 Å². The van der Waals surface area contributed by atoms with E-state index in [0.29, 0.717) is 19.1 Å². The molecule has 1 unspecified atom stereocenters. The third-order valence-corrected chi connectivity index (χ3v) is 6.39. The molecule has 2 amide bonds. The van der Waals surface area contributed by atoms with Crippen molar-refractivity contribution in [1.82, 2.24) is 15.1 Å². The minimum atomic E-state index is -0.245. The highest BCUT2D eigenvalue weighted by Gasteiger charge is 2.33. The van der Waals surface area contributed by atoms with Gasteiger partial charge in [0, 0.05) is 24.0 Å². The van der Waals surface area contributed by atoms with Crippen LogP contribution in [0.1, 0.15) is 42.2 Å². The van der Waals surface area contributed by atoms with Crippen LogP contribution in [0.2, 0.25) is 0 Å². The van der Waals surface area contributed by atoms with E-state index in [4.69, 9.17) is 0 Å². The van der Waals surface area contributed by atoms with Gasteiger partial charge in [0.25, 0.3) is 0 Å². The molecule has 144 valence electrons. The van der Waals surface area contributed by atoms with Crippen molar-refractivity contribution in [2.45, 2.75) is 44.3 Å². The van der Waals surface area contributed by atoms with E-state index in [1.807, 2.05) is 4.90 Å². The first-order valence-corrected chi connectivity index (χ1v) is 10.6. The average molecular weight is 388 g/mol. The molecule has 27 heavy (non-hydrogen) atoms. The highest BCUT2D eigenvalue weighted by Crippen LogP contribution is 2.30. The van der Waals surface area contributed by atoms with Gasteiger partial charge in [0.1, 0.15) is 5.82 Å². The van der Waals surface area contributed by atoms with Crippen molar-refractivity contribution in [3.05, 3.63) is 58.0 Å². The molecule has 1 aromatic heterocycles. The summed E-state index contributed by atoms with van der Waals surface area (Å²) in [6, 6.07) is 11.2. The van der Waals surface area contributed by atoms with E-state index >= 15 is 0 Å². The second-order valence-electron chi connectivity index (χ2n) is 7.45. The number of benzene rings is 1. The number of hydrogen-bond donors (Lipinski definition) is 1. The molecular weight excluding hydrogens is 361 g/mol. The van der Waals surface area contributed by atoms with Crippen molar-refractivity contribution < 1.29 is 9.18 Å². The van der Waals surface area contributed by atoms with Crippen molar-refractivity contribution in [2.75, 3.05) is 19.6 Å². The van der Waals surface area contributed by atoms with Crippen LogP contribution < -0.4 is 5.32 Å². The molecule has 2 aromatic rings. The standard InChI is InChI=1S/C21H26FN3OS/c22-17-7-5-16(6-8-17)15-25(18-9-10-18)21(26)23-14-19(20-4-3-13-27-20)24-11-1-2-12-24/h3-8,13,18-19H,1-2,9-12,14-15H2,(H,23,26). The highest BCUT2D eigenvalue weighted by atomic mass is 32.1. The zero-order valence-corrected chi connectivity index (χ0v) is 16.3. The Bertz CT molecular complexity index is 739. The summed E-state index contributed by atoms with van der Waals surface area (Å²) in [5, 5.41) is 5.28. The molecule has 1 atom stereocenters. The van der Waals surface area contributed by atoms with Gasteiger partial charge in [-0.3, -0.25) is 4.90 Å². The zero-order chi connectivity index (χ0) is 18.6. The molecule has 0 bridgehead atoms. The number of halogens is 1. The Labute approximate surface area is 164 Å². The van der Waals surface area contributed by atoms with Gasteiger partial charge in [0.15, 0.2) is 0 Å². The largest absolute Gasteiger partial charge is 0.336 e. The van der Waals surface area contributed by atoms with Gasteiger partial charge < -0.3 is 10.2 Å². The number of carbonyl (C=O) groups excluding carboxylic acids is 1. The topological polar surface area (TPSA) is 35.6 Å². The Kier molecular flexibility index (Phi) is 5.74. The van der Waals surface area contributed by atoms with E-state index in [2.05, 4.69) is 27.7 Å². The predicted molar refractivity (Wildman–Crippen MR) is 106 cm³/mol. The van der Waals surface area contributed by atoms with Gasteiger partial charge in [-0.1, -0.05) is 18.2 Å². The molecule has 1 saturated heterocycles. The van der Waals surface area contributed by atoms with Crippen LogP contribution in [0.4, 0.5) is 9.18 Å². The zero-order valence-electron chi connectivity index (χ0n) is 15.4. The lowest BCUT2D eigenvalue weighted by atomic mass is 10.2. The van der Waals surface area contributed by atoms with Crippen LogP contribution in [-0.2, 0) is 6.54 Å². The van der Waals surface area contributed by atoms with Gasteiger partial charge in [-0.15, -0.1) is 11.3 Å². The number of urea groups is 1. The molecule has 2 fully saturated rings. The van der Waals surface area contributed by atoms with E-state index in [9.17, 15) is 9.18 Å². The fraction of sp³-hybridized carbons (Fsp3) is 0.476. The summed E-state index contributed by atoms with van der Waals surface area (Å²) in [5.41, 5.74) is 0.966. The molecule has 2 heterocycles. The van der Waals surface area contributed by atoms with E-state index in [1.165, 1.54) is 29.9 Å². The SMILES string of the molecule is O=C(NCC(c1cccs1)N1CCCC1)N(Cc1ccc(F)cc1)C1CC1. The summed E-state index contributed by atoms with van der Waals surface area (Å²) in [5.74, 6) is -0.245. The number of nitrogens with one attached hydrogen (secondary N) is 1. The average Bonchev–Trinajstić information content (AvgIpc) is 3.13. The molecule has 0 radical (unpaired) electrons. The Morgan fingerprint density at radius 1 is 1.22 bits per heavy atom. The molecule has 0 spiro atoms. The maximum absolute atomic E-state index is 13.1. The summed E-state index contributed by atoms with van der Waals surface area (Å²) in [6.45, 7) is 3.36. The molecule has 6 heteroatoms. The van der Waals surface area contributed by atoms with Crippen LogP contribution in [0.15, 0.2) is 41.8 Å². The lowest BCUT2D eigenvalue weighted by Gasteiger charge is -2.29. The van der Waals surface area contributed by atoms with Gasteiger partial charge in [-0.05, 0) is 67.9 Å². The van der Waals surface area contributed by atoms with Gasteiger partial charge in [0.05, 0.1) is 6.04 Å². The molecule has 1 N–H and O–H groups in total. The third kappa shape index (κ3) is 4.68. The second kappa shape index (κ2) is 8.40. The third-order valence-electron chi connectivity index (χ3n) is 5.41. The maximum atomic E-state index is 13.1. The molecule has 1 aromatic carbocycles. The van der Waals surface area contributed by atoms with Crippen LogP contribution in [0.3, 0.4) is 0 Å². The fourth-order valence-electron chi connectivity index (χ4n) is 3.77. The number of rotatable bonds is 7. The second-order valence-corrected chi connectivity index (χ2v) is 8.43. The Balaban J connectivity index is 1.40. The monoisotopic (exact) mass is 387 g/mol. The van der Waals surface area contributed by atoms with Crippen LogP contribution in [0, 0.1) is 5.82 Å². The summed E-state index contributed by atoms with van der Waals surface area (Å²) in [6.07, 6.45) is 4.56. The van der Waals surface area contributed by atoms with E-state index in [0.717, 1.165) is 31.5 Å². The Morgan fingerprint density at radius 2 is 1.96 bits per heavy atom. The summed E-state index contributed by atoms with van der Waals surface area (Å²) < 4.78 is 13.1. The lowest BCUT2D eigenvalue weighted by molar-refractivity contribution is 0.183. The van der Waals surface area contributed by atoms with Crippen LogP contribution in [0.5, 0.6) is 0 Å². The number of likely N-dealkylation sites (tertiary alicyclic amines) is 1. The van der Waals surface area contributed by atoms with Crippen molar-refractivity contribution in [3.8, 4) is 0 Å². The van der Waals surface area contributed by atoms with Crippen LogP contribution in [0.25, 0.3) is 0 Å². The first kappa shape index (κ1) is 18.4. The first-order valence-electron chi connectivity index (χ1n) is 9.77. The fourth-order valence-corrected chi connectivity index (χ4v) is 4.63. The predicted octanol–water partition coefficient (Wildman–Crippen LogP) is 4.40. The first-order chi connectivity index (χ1) is 13.2. The molecule has 1 saturated carbocycles. The summed E-state index contributed by atoms with van der Waals surface area (Å²) in [4.78, 5) is 18.6. The van der Waals surface area contributed by atoms with Crippen molar-refractivity contribution in [2.24, 2.45) is 0 Å². The van der Waals surface area contributed by atoms with Crippen molar-refractivity contribution in [1.29, 1.82) is 0 Å². The normalized spacial score (nSPS) is 18.4. The Morgan fingerprint density at radius 3 is 2.59 bits per heavy atom. The minimum Gasteiger partial charge on any atom is -0.336 e. The van der Waals surface area contributed by atoms with Crippen molar-refractivity contribution in [3.63, 3.8) is 0 Å². The molecule has 4 rings (SSSR count). The van der Waals surface area contributed by atoms with Crippen molar-refractivity contribution >= 4 is 17.4 Å². The van der Waals surface area contributed by atoms with Crippen LogP contribution >= 0.6 is 11.3 Å².